The van der Waals surface area contributed by atoms with E-state index in [0.29, 0.717) is 13.3 Å². The molecule has 0 rings (SSSR count). The van der Waals surface area contributed by atoms with Gasteiger partial charge in [0.15, 0.2) is 0 Å². The van der Waals surface area contributed by atoms with Crippen molar-refractivity contribution in [1.82, 2.24) is 0 Å². The largest absolute Gasteiger partial charge is 0.421 e. The minimum absolute atomic E-state index is 0.530. The number of hydrogen-bond donors (Lipinski definition) is 0. The molecule has 0 aromatic carbocycles. The zero-order chi connectivity index (χ0) is 9.12. The smallest absolute Gasteiger partial charge is 0.290 e. The molecular formula is AsF6I3. The molecule has 0 radical (unpaired) electrons. The summed E-state index contributed by atoms with van der Waals surface area (Å²) in [4.78, 5) is 0. The van der Waals surface area contributed by atoms with Crippen LogP contribution in [-0.4, -0.2) is 14.2 Å². The molecule has 10 heteroatoms. The van der Waals surface area contributed by atoms with Crippen molar-refractivity contribution >= 4 is 51.4 Å². The third-order valence-corrected chi connectivity index (χ3v) is 0. The van der Waals surface area contributed by atoms with Gasteiger partial charge in [-0.2, -0.15) is 0 Å². The van der Waals surface area contributed by atoms with E-state index < -0.39 is 14.2 Å². The second kappa shape index (κ2) is 3.60. The first-order valence-corrected chi connectivity index (χ1v) is 18.1. The van der Waals surface area contributed by atoms with Crippen LogP contribution in [0.25, 0.3) is 0 Å². The van der Waals surface area contributed by atoms with Crippen LogP contribution < -0.4 is 13.3 Å². The van der Waals surface area contributed by atoms with E-state index in [-0.39, 0.29) is 0 Å². The molecule has 0 saturated carbocycles. The molecule has 0 heterocycles. The second-order valence-corrected chi connectivity index (χ2v) is 21.3. The van der Waals surface area contributed by atoms with Crippen LogP contribution in [0.15, 0.2) is 0 Å². The van der Waals surface area contributed by atoms with Gasteiger partial charge in [-0.25, -0.2) is 0 Å². The summed E-state index contributed by atoms with van der Waals surface area (Å²) in [6.45, 7) is 0. The summed E-state index contributed by atoms with van der Waals surface area (Å²) in [6, 6.07) is 0. The van der Waals surface area contributed by atoms with E-state index in [0.717, 1.165) is 0 Å². The van der Waals surface area contributed by atoms with Crippen LogP contribution in [-0.2, 0) is 0 Å². The van der Waals surface area contributed by atoms with Gasteiger partial charge in [0.05, 0.1) is 0 Å². The van der Waals surface area contributed by atoms with Gasteiger partial charge in [0.1, 0.15) is 0 Å². The Morgan fingerprint density at radius 2 is 0.800 bits per heavy atom. The molecule has 10 heavy (non-hydrogen) atoms. The first-order valence-electron chi connectivity index (χ1n) is 1.30. The molecule has 0 N–H and O–H groups in total. The maximum atomic E-state index is 9.91. The van der Waals surface area contributed by atoms with Crippen LogP contribution in [0.2, 0.25) is 0 Å². The SMILES string of the molecule is F[As-](F)(F)(F)(F)F.I[I+]I. The zero-order valence-corrected chi connectivity index (χ0v) is 12.2. The topological polar surface area (TPSA) is 0 Å². The van der Waals surface area contributed by atoms with Crippen LogP contribution in [0.1, 0.15) is 0 Å². The molecule has 0 aromatic heterocycles. The maximum Gasteiger partial charge on any atom is 0.421 e. The predicted molar refractivity (Wildman–Crippen MR) is 40.4 cm³/mol. The Morgan fingerprint density at radius 3 is 0.800 bits per heavy atom. The molecular weight excluding hydrogens is 570 g/mol. The Bertz CT molecular complexity index is 82.4. The van der Waals surface area contributed by atoms with Crippen molar-refractivity contribution < 1.29 is 34.1 Å². The van der Waals surface area contributed by atoms with Crippen LogP contribution in [0.5, 0.6) is 0 Å². The predicted octanol–water partition coefficient (Wildman–Crippen LogP) is 0.916. The molecule has 0 nitrogen and oxygen atoms in total. The molecule has 0 aliphatic heterocycles. The molecule has 0 amide bonds. The molecule has 68 valence electrons. The van der Waals surface area contributed by atoms with Crippen molar-refractivity contribution in [2.75, 3.05) is 0 Å². The van der Waals surface area contributed by atoms with Gasteiger partial charge in [-0.3, -0.25) is 0 Å². The first-order chi connectivity index (χ1) is 3.86. The van der Waals surface area contributed by atoms with Crippen molar-refractivity contribution in [3.05, 3.63) is 0 Å². The quantitative estimate of drug-likeness (QED) is 0.231. The van der Waals surface area contributed by atoms with Crippen LogP contribution in [0, 0.1) is 0 Å². The van der Waals surface area contributed by atoms with Crippen molar-refractivity contribution in [2.45, 2.75) is 0 Å². The summed E-state index contributed by atoms with van der Waals surface area (Å²) in [6.07, 6.45) is 0. The van der Waals surface area contributed by atoms with Crippen molar-refractivity contribution in [3.63, 3.8) is 0 Å². The van der Waals surface area contributed by atoms with E-state index in [2.05, 4.69) is 37.2 Å². The number of rotatable bonds is 0. The summed E-state index contributed by atoms with van der Waals surface area (Å²) in [5, 5.41) is 0. The summed E-state index contributed by atoms with van der Waals surface area (Å²) < 4.78 is 59.4. The van der Waals surface area contributed by atoms with E-state index in [9.17, 15) is 20.8 Å². The number of halogens is 9. The molecule has 0 saturated heterocycles. The van der Waals surface area contributed by atoms with Gasteiger partial charge in [-0.1, -0.05) is 0 Å². The summed E-state index contributed by atoms with van der Waals surface area (Å²) in [7, 11) is 0. The Morgan fingerprint density at radius 1 is 0.800 bits per heavy atom. The maximum absolute atomic E-state index is 11.1. The minimum atomic E-state index is -11.1. The third kappa shape index (κ3) is 166. The van der Waals surface area contributed by atoms with Gasteiger partial charge in [0, 0.05) is 0 Å². The zero-order valence-electron chi connectivity index (χ0n) is 3.85. The van der Waals surface area contributed by atoms with Crippen molar-refractivity contribution in [1.29, 1.82) is 0 Å². The van der Waals surface area contributed by atoms with Crippen molar-refractivity contribution in [2.24, 2.45) is 0 Å². The van der Waals surface area contributed by atoms with E-state index in [4.69, 9.17) is 0 Å². The summed E-state index contributed by atoms with van der Waals surface area (Å²) in [5.74, 6) is 0. The second-order valence-electron chi connectivity index (χ2n) is 1.01. The van der Waals surface area contributed by atoms with Gasteiger partial charge < -0.3 is 0 Å². The summed E-state index contributed by atoms with van der Waals surface area (Å²) >= 11 is -5.76. The Hall–Kier alpha value is 2.33. The van der Waals surface area contributed by atoms with Gasteiger partial charge >= 0.3 is 48.2 Å². The molecule has 0 aliphatic carbocycles. The fraction of sp³-hybridized carbons (Fsp3) is 0. The molecule has 0 aliphatic rings. The minimum Gasteiger partial charge on any atom is 0.290 e. The van der Waals surface area contributed by atoms with Crippen LogP contribution >= 0.6 is 37.2 Å². The van der Waals surface area contributed by atoms with Gasteiger partial charge in [-0.15, -0.1) is 0 Å². The average molecular weight is 570 g/mol. The van der Waals surface area contributed by atoms with Crippen LogP contribution in [0.3, 0.4) is 0 Å². The molecule has 0 aromatic rings. The average Bonchev–Trinajstić information content (AvgIpc) is 1.20. The van der Waals surface area contributed by atoms with E-state index in [1.807, 2.05) is 0 Å². The standard InChI is InChI=1S/AsF6.I3/c2-1(3,4,5,6)7;1-3-2/q-1;+1. The Labute approximate surface area is 84.0 Å². The fourth-order valence-corrected chi connectivity index (χ4v) is 0. The molecule has 0 bridgehead atoms. The monoisotopic (exact) mass is 570 g/mol. The van der Waals surface area contributed by atoms with Crippen LogP contribution in [0.4, 0.5) is 20.8 Å². The molecule has 0 atom stereocenters. The van der Waals surface area contributed by atoms with E-state index >= 15 is 0 Å². The van der Waals surface area contributed by atoms with Gasteiger partial charge in [-0.05, 0) is 0 Å². The van der Waals surface area contributed by atoms with E-state index in [1.165, 1.54) is 0 Å². The van der Waals surface area contributed by atoms with Crippen molar-refractivity contribution in [3.8, 4) is 0 Å². The van der Waals surface area contributed by atoms with Gasteiger partial charge in [0.2, 0.25) is 0 Å². The van der Waals surface area contributed by atoms with E-state index in [1.54, 1.807) is 0 Å². The Balaban J connectivity index is 0. The summed E-state index contributed by atoms with van der Waals surface area (Å²) in [5.41, 5.74) is 0. The Kier molecular flexibility index (Phi) is 5.34. The fourth-order valence-electron chi connectivity index (χ4n) is 0. The first kappa shape index (κ1) is 14.8. The molecule has 0 spiro atoms. The number of hydrogen-bond acceptors (Lipinski definition) is 0. The molecule has 0 unspecified atom stereocenters. The van der Waals surface area contributed by atoms with Gasteiger partial charge in [0.25, 0.3) is 37.2 Å². The third-order valence-electron chi connectivity index (χ3n) is 0. The molecule has 0 fully saturated rings. The normalized spacial score (nSPS) is 18.0.